The maximum atomic E-state index is 12.0. The molecule has 1 aromatic heterocycles. The Morgan fingerprint density at radius 3 is 2.71 bits per heavy atom. The molecule has 2 aromatic carbocycles. The fourth-order valence-electron chi connectivity index (χ4n) is 3.16. The van der Waals surface area contributed by atoms with E-state index in [1.807, 2.05) is 42.5 Å². The molecule has 1 saturated carbocycles. The van der Waals surface area contributed by atoms with Crippen LogP contribution in [-0.4, -0.2) is 20.7 Å². The van der Waals surface area contributed by atoms with Crippen molar-refractivity contribution >= 4 is 34.1 Å². The van der Waals surface area contributed by atoms with Crippen molar-refractivity contribution in [1.82, 2.24) is 15.0 Å². The number of rotatable bonds is 3. The van der Waals surface area contributed by atoms with Crippen LogP contribution in [0.5, 0.6) is 0 Å². The number of aromatic nitrogens is 3. The number of hydrogen-bond acceptors (Lipinski definition) is 6. The van der Waals surface area contributed by atoms with Crippen molar-refractivity contribution in [3.8, 4) is 0 Å². The van der Waals surface area contributed by atoms with Crippen molar-refractivity contribution < 1.29 is 4.79 Å². The molecule has 4 rings (SSSR count). The van der Waals surface area contributed by atoms with E-state index in [1.165, 1.54) is 0 Å². The monoisotopic (exact) mass is 319 g/mol. The van der Waals surface area contributed by atoms with Gasteiger partial charge in [-0.2, -0.15) is 15.0 Å². The van der Waals surface area contributed by atoms with Gasteiger partial charge in [0.15, 0.2) is 0 Å². The van der Waals surface area contributed by atoms with Crippen molar-refractivity contribution in [2.45, 2.75) is 25.2 Å². The Balaban J connectivity index is 1.71. The molecule has 1 atom stereocenters. The molecule has 1 heterocycles. The topological polar surface area (TPSA) is 93.8 Å². The smallest absolute Gasteiger partial charge is 0.232 e. The number of Topliss-reactive ketones (excluding diaryl/α,β-unsaturated/α-hetero) is 1. The highest BCUT2D eigenvalue weighted by Crippen LogP contribution is 2.30. The van der Waals surface area contributed by atoms with Crippen LogP contribution >= 0.6 is 0 Å². The number of carbonyl (C=O) groups is 1. The molecule has 1 unspecified atom stereocenters. The molecule has 0 saturated heterocycles. The summed E-state index contributed by atoms with van der Waals surface area (Å²) in [6.45, 7) is 0. The van der Waals surface area contributed by atoms with E-state index in [4.69, 9.17) is 5.73 Å². The molecule has 1 aliphatic carbocycles. The van der Waals surface area contributed by atoms with Crippen LogP contribution in [0, 0.1) is 0 Å². The number of anilines is 3. The summed E-state index contributed by atoms with van der Waals surface area (Å²) < 4.78 is 0. The van der Waals surface area contributed by atoms with Crippen LogP contribution in [0.25, 0.3) is 10.8 Å². The fraction of sp³-hybridized carbons (Fsp3) is 0.222. The average Bonchev–Trinajstić information content (AvgIpc) is 3.01. The van der Waals surface area contributed by atoms with Crippen LogP contribution < -0.4 is 11.1 Å². The van der Waals surface area contributed by atoms with Gasteiger partial charge in [0.05, 0.1) is 5.92 Å². The van der Waals surface area contributed by atoms with Gasteiger partial charge in [0.25, 0.3) is 0 Å². The lowest BCUT2D eigenvalue weighted by atomic mass is 10.1. The molecule has 0 spiro atoms. The number of nitrogens with zero attached hydrogens (tertiary/aromatic N) is 3. The third-order valence-corrected chi connectivity index (χ3v) is 4.32. The van der Waals surface area contributed by atoms with Gasteiger partial charge in [-0.15, -0.1) is 0 Å². The molecule has 120 valence electrons. The zero-order valence-electron chi connectivity index (χ0n) is 13.1. The van der Waals surface area contributed by atoms with E-state index >= 15 is 0 Å². The van der Waals surface area contributed by atoms with Crippen molar-refractivity contribution in [2.75, 3.05) is 11.1 Å². The number of fused-ring (bicyclic) bond motifs is 1. The highest BCUT2D eigenvalue weighted by Gasteiger charge is 2.29. The SMILES string of the molecule is Nc1nc(Nc2cccc3ccccc23)nc(C2CCCC2=O)n1. The molecule has 0 amide bonds. The van der Waals surface area contributed by atoms with Crippen LogP contribution in [0.3, 0.4) is 0 Å². The number of nitrogen functional groups attached to an aromatic ring is 1. The van der Waals surface area contributed by atoms with Crippen LogP contribution in [0.15, 0.2) is 42.5 Å². The predicted octanol–water partition coefficient (Wildman–Crippen LogP) is 3.19. The van der Waals surface area contributed by atoms with E-state index in [2.05, 4.69) is 20.3 Å². The Bertz CT molecular complexity index is 919. The maximum Gasteiger partial charge on any atom is 0.232 e. The first-order valence-electron chi connectivity index (χ1n) is 7.99. The second-order valence-electron chi connectivity index (χ2n) is 5.94. The zero-order chi connectivity index (χ0) is 16.5. The van der Waals surface area contributed by atoms with Crippen LogP contribution in [0.1, 0.15) is 31.0 Å². The summed E-state index contributed by atoms with van der Waals surface area (Å²) >= 11 is 0. The normalized spacial score (nSPS) is 17.3. The molecule has 6 heteroatoms. The summed E-state index contributed by atoms with van der Waals surface area (Å²) in [6.07, 6.45) is 2.24. The Kier molecular flexibility index (Phi) is 3.57. The molecule has 24 heavy (non-hydrogen) atoms. The van der Waals surface area contributed by atoms with Gasteiger partial charge in [0.2, 0.25) is 11.9 Å². The van der Waals surface area contributed by atoms with Crippen molar-refractivity contribution in [1.29, 1.82) is 0 Å². The quantitative estimate of drug-likeness (QED) is 0.770. The van der Waals surface area contributed by atoms with Crippen LogP contribution in [0.4, 0.5) is 17.6 Å². The number of nitrogens with two attached hydrogens (primary N) is 1. The van der Waals surface area contributed by atoms with Gasteiger partial charge in [-0.3, -0.25) is 4.79 Å². The van der Waals surface area contributed by atoms with Gasteiger partial charge >= 0.3 is 0 Å². The van der Waals surface area contributed by atoms with E-state index < -0.39 is 0 Å². The van der Waals surface area contributed by atoms with Crippen LogP contribution in [0.2, 0.25) is 0 Å². The van der Waals surface area contributed by atoms with Gasteiger partial charge in [0.1, 0.15) is 11.6 Å². The predicted molar refractivity (Wildman–Crippen MR) is 93.1 cm³/mol. The Labute approximate surface area is 139 Å². The molecule has 3 aromatic rings. The van der Waals surface area contributed by atoms with Gasteiger partial charge in [-0.25, -0.2) is 0 Å². The Hall–Kier alpha value is -3.02. The van der Waals surface area contributed by atoms with E-state index in [-0.39, 0.29) is 17.6 Å². The Morgan fingerprint density at radius 2 is 1.88 bits per heavy atom. The largest absolute Gasteiger partial charge is 0.368 e. The standard InChI is InChI=1S/C18H17N5O/c19-17-21-16(13-8-4-10-15(13)24)22-18(23-17)20-14-9-3-6-11-5-1-2-7-12(11)14/h1-3,5-7,9,13H,4,8,10H2,(H3,19,20,21,22,23). The van der Waals surface area contributed by atoms with Crippen LogP contribution in [-0.2, 0) is 4.79 Å². The second-order valence-corrected chi connectivity index (χ2v) is 5.94. The lowest BCUT2D eigenvalue weighted by Gasteiger charge is -2.11. The molecule has 0 radical (unpaired) electrons. The first-order chi connectivity index (χ1) is 11.7. The summed E-state index contributed by atoms with van der Waals surface area (Å²) in [5.41, 5.74) is 6.72. The maximum absolute atomic E-state index is 12.0. The van der Waals surface area contributed by atoms with E-state index in [1.54, 1.807) is 0 Å². The molecule has 1 fully saturated rings. The van der Waals surface area contributed by atoms with Gasteiger partial charge in [-0.05, 0) is 24.3 Å². The number of ketones is 1. The summed E-state index contributed by atoms with van der Waals surface area (Å²) in [5.74, 6) is 0.879. The minimum Gasteiger partial charge on any atom is -0.368 e. The summed E-state index contributed by atoms with van der Waals surface area (Å²) in [6, 6.07) is 14.0. The van der Waals surface area contributed by atoms with E-state index in [0.29, 0.717) is 18.2 Å². The molecule has 3 N–H and O–H groups in total. The first kappa shape index (κ1) is 14.6. The average molecular weight is 319 g/mol. The lowest BCUT2D eigenvalue weighted by Crippen LogP contribution is -2.13. The van der Waals surface area contributed by atoms with Gasteiger partial charge in [0, 0.05) is 17.5 Å². The summed E-state index contributed by atoms with van der Waals surface area (Å²) in [5, 5.41) is 5.40. The van der Waals surface area contributed by atoms with Crippen molar-refractivity contribution in [2.24, 2.45) is 0 Å². The third-order valence-electron chi connectivity index (χ3n) is 4.32. The lowest BCUT2D eigenvalue weighted by molar-refractivity contribution is -0.118. The highest BCUT2D eigenvalue weighted by molar-refractivity contribution is 5.95. The second kappa shape index (κ2) is 5.88. The number of benzene rings is 2. The fourth-order valence-corrected chi connectivity index (χ4v) is 3.16. The minimum atomic E-state index is -0.261. The summed E-state index contributed by atoms with van der Waals surface area (Å²) in [4.78, 5) is 24.7. The zero-order valence-corrected chi connectivity index (χ0v) is 13.1. The highest BCUT2D eigenvalue weighted by atomic mass is 16.1. The Morgan fingerprint density at radius 1 is 1.04 bits per heavy atom. The molecular weight excluding hydrogens is 302 g/mol. The van der Waals surface area contributed by atoms with Gasteiger partial charge < -0.3 is 11.1 Å². The molecule has 6 nitrogen and oxygen atoms in total. The van der Waals surface area contributed by atoms with E-state index in [0.717, 1.165) is 29.3 Å². The summed E-state index contributed by atoms with van der Waals surface area (Å²) in [7, 11) is 0. The van der Waals surface area contributed by atoms with E-state index in [9.17, 15) is 4.79 Å². The third kappa shape index (κ3) is 2.67. The molecular formula is C18H17N5O. The van der Waals surface area contributed by atoms with Gasteiger partial charge in [-0.1, -0.05) is 36.4 Å². The first-order valence-corrected chi connectivity index (χ1v) is 7.99. The van der Waals surface area contributed by atoms with Crippen molar-refractivity contribution in [3.63, 3.8) is 0 Å². The minimum absolute atomic E-state index is 0.127. The number of hydrogen-bond donors (Lipinski definition) is 2. The number of nitrogens with one attached hydrogen (secondary N) is 1. The molecule has 0 bridgehead atoms. The molecule has 0 aliphatic heterocycles. The van der Waals surface area contributed by atoms with Crippen molar-refractivity contribution in [3.05, 3.63) is 48.3 Å². The number of carbonyl (C=O) groups excluding carboxylic acids is 1. The molecule has 1 aliphatic rings.